The first-order chi connectivity index (χ1) is 10.1. The van der Waals surface area contributed by atoms with Gasteiger partial charge < -0.3 is 4.98 Å². The smallest absolute Gasteiger partial charge is 0.273 e. The molecule has 1 saturated carbocycles. The van der Waals surface area contributed by atoms with Gasteiger partial charge in [-0.1, -0.05) is 42.2 Å². The van der Waals surface area contributed by atoms with E-state index < -0.39 is 0 Å². The van der Waals surface area contributed by atoms with Crippen molar-refractivity contribution in [3.8, 4) is 0 Å². The lowest BCUT2D eigenvalue weighted by atomic mass is 9.90. The number of aromatic nitrogens is 3. The van der Waals surface area contributed by atoms with E-state index in [0.717, 1.165) is 5.01 Å². The summed E-state index contributed by atoms with van der Waals surface area (Å²) < 4.78 is 0.592. The molecule has 112 valence electrons. The van der Waals surface area contributed by atoms with Gasteiger partial charge in [-0.3, -0.25) is 10.1 Å². The van der Waals surface area contributed by atoms with Crippen molar-refractivity contribution in [3.05, 3.63) is 26.4 Å². The standard InChI is InChI=1S/C13H14BrClN4OS/c14-10-8(15)6-9(16-10)11(20)17-13-19-18-12(21-13)7-4-2-1-3-5-7/h6-7,16H,1-5H2,(H,17,19,20). The van der Waals surface area contributed by atoms with Crippen LogP contribution in [0.1, 0.15) is 53.5 Å². The van der Waals surface area contributed by atoms with E-state index in [2.05, 4.69) is 36.4 Å². The topological polar surface area (TPSA) is 70.7 Å². The highest BCUT2D eigenvalue weighted by Gasteiger charge is 2.20. The normalized spacial score (nSPS) is 16.1. The third-order valence-corrected chi connectivity index (χ3v) is 5.74. The summed E-state index contributed by atoms with van der Waals surface area (Å²) >= 11 is 10.6. The monoisotopic (exact) mass is 388 g/mol. The minimum absolute atomic E-state index is 0.269. The Morgan fingerprint density at radius 3 is 2.81 bits per heavy atom. The van der Waals surface area contributed by atoms with Crippen LogP contribution in [-0.2, 0) is 0 Å². The number of H-pyrrole nitrogens is 1. The van der Waals surface area contributed by atoms with Crippen molar-refractivity contribution >= 4 is 49.9 Å². The van der Waals surface area contributed by atoms with E-state index in [1.165, 1.54) is 43.4 Å². The van der Waals surface area contributed by atoms with Gasteiger partial charge in [-0.15, -0.1) is 10.2 Å². The van der Waals surface area contributed by atoms with Crippen molar-refractivity contribution in [1.82, 2.24) is 15.2 Å². The molecule has 0 aromatic carbocycles. The lowest BCUT2D eigenvalue weighted by molar-refractivity contribution is 0.102. The summed E-state index contributed by atoms with van der Waals surface area (Å²) in [6.07, 6.45) is 6.15. The van der Waals surface area contributed by atoms with Gasteiger partial charge >= 0.3 is 0 Å². The molecule has 2 aromatic heterocycles. The SMILES string of the molecule is O=C(Nc1nnc(C2CCCCC2)s1)c1cc(Cl)c(Br)[nH]1. The highest BCUT2D eigenvalue weighted by atomic mass is 79.9. The Morgan fingerprint density at radius 1 is 1.38 bits per heavy atom. The third-order valence-electron chi connectivity index (χ3n) is 3.59. The number of rotatable bonds is 3. The molecule has 2 aromatic rings. The minimum Gasteiger partial charge on any atom is -0.344 e. The Kier molecular flexibility index (Phi) is 4.61. The van der Waals surface area contributed by atoms with Gasteiger partial charge in [0.2, 0.25) is 5.13 Å². The van der Waals surface area contributed by atoms with E-state index in [1.54, 1.807) is 6.07 Å². The summed E-state index contributed by atoms with van der Waals surface area (Å²) in [5.74, 6) is 0.227. The predicted octanol–water partition coefficient (Wildman–Crippen LogP) is 4.58. The molecule has 8 heteroatoms. The van der Waals surface area contributed by atoms with Crippen LogP contribution in [0, 0.1) is 0 Å². The van der Waals surface area contributed by atoms with Crippen LogP contribution >= 0.6 is 38.9 Å². The molecule has 1 aliphatic carbocycles. The Morgan fingerprint density at radius 2 is 2.14 bits per heavy atom. The summed E-state index contributed by atoms with van der Waals surface area (Å²) in [6.45, 7) is 0. The number of aromatic amines is 1. The number of anilines is 1. The first-order valence-corrected chi connectivity index (χ1v) is 8.81. The molecular weight excluding hydrogens is 376 g/mol. The number of amides is 1. The van der Waals surface area contributed by atoms with Gasteiger partial charge in [0.25, 0.3) is 5.91 Å². The van der Waals surface area contributed by atoms with Crippen molar-refractivity contribution in [1.29, 1.82) is 0 Å². The largest absolute Gasteiger partial charge is 0.344 e. The molecule has 0 aliphatic heterocycles. The fourth-order valence-electron chi connectivity index (χ4n) is 2.49. The zero-order valence-corrected chi connectivity index (χ0v) is 14.3. The van der Waals surface area contributed by atoms with Crippen molar-refractivity contribution in [2.75, 3.05) is 5.32 Å². The van der Waals surface area contributed by atoms with Gasteiger partial charge in [0, 0.05) is 5.92 Å². The van der Waals surface area contributed by atoms with Crippen LogP contribution in [0.2, 0.25) is 5.02 Å². The van der Waals surface area contributed by atoms with Crippen LogP contribution in [-0.4, -0.2) is 21.1 Å². The van der Waals surface area contributed by atoms with Crippen molar-refractivity contribution in [3.63, 3.8) is 0 Å². The lowest BCUT2D eigenvalue weighted by Gasteiger charge is -2.18. The Labute approximate surface area is 139 Å². The molecule has 0 radical (unpaired) electrons. The number of carbonyl (C=O) groups excluding carboxylic acids is 1. The van der Waals surface area contributed by atoms with E-state index in [4.69, 9.17) is 11.6 Å². The van der Waals surface area contributed by atoms with Crippen LogP contribution in [0.15, 0.2) is 10.7 Å². The second kappa shape index (κ2) is 6.46. The molecule has 21 heavy (non-hydrogen) atoms. The van der Waals surface area contributed by atoms with Gasteiger partial charge in [0.1, 0.15) is 15.3 Å². The van der Waals surface area contributed by atoms with E-state index >= 15 is 0 Å². The summed E-state index contributed by atoms with van der Waals surface area (Å²) in [5, 5.41) is 13.1. The molecule has 2 heterocycles. The number of halogens is 2. The molecule has 0 saturated heterocycles. The molecule has 0 bridgehead atoms. The average molecular weight is 390 g/mol. The summed E-state index contributed by atoms with van der Waals surface area (Å²) in [7, 11) is 0. The maximum absolute atomic E-state index is 12.1. The molecule has 1 fully saturated rings. The highest BCUT2D eigenvalue weighted by molar-refractivity contribution is 9.10. The third kappa shape index (κ3) is 3.46. The van der Waals surface area contributed by atoms with Crippen LogP contribution in [0.3, 0.4) is 0 Å². The van der Waals surface area contributed by atoms with Gasteiger partial charge in [0.05, 0.1) is 5.02 Å². The molecule has 0 spiro atoms. The Balaban J connectivity index is 1.67. The summed E-state index contributed by atoms with van der Waals surface area (Å²) in [5.41, 5.74) is 0.390. The predicted molar refractivity (Wildman–Crippen MR) is 87.2 cm³/mol. The van der Waals surface area contributed by atoms with Gasteiger partial charge in [-0.25, -0.2) is 0 Å². The first kappa shape index (κ1) is 15.0. The number of hydrogen-bond acceptors (Lipinski definition) is 4. The fourth-order valence-corrected chi connectivity index (χ4v) is 3.88. The zero-order chi connectivity index (χ0) is 14.8. The highest BCUT2D eigenvalue weighted by Crippen LogP contribution is 2.35. The number of nitrogens with zero attached hydrogens (tertiary/aromatic N) is 2. The van der Waals surface area contributed by atoms with Crippen molar-refractivity contribution in [2.45, 2.75) is 38.0 Å². The second-order valence-electron chi connectivity index (χ2n) is 5.08. The number of carbonyl (C=O) groups is 1. The summed E-state index contributed by atoms with van der Waals surface area (Å²) in [4.78, 5) is 14.9. The number of nitrogens with one attached hydrogen (secondary N) is 2. The minimum atomic E-state index is -0.269. The molecule has 5 nitrogen and oxygen atoms in total. The van der Waals surface area contributed by atoms with Gasteiger partial charge in [0.15, 0.2) is 0 Å². The van der Waals surface area contributed by atoms with Crippen molar-refractivity contribution in [2.24, 2.45) is 0 Å². The van der Waals surface area contributed by atoms with E-state index in [-0.39, 0.29) is 5.91 Å². The lowest BCUT2D eigenvalue weighted by Crippen LogP contribution is -2.11. The van der Waals surface area contributed by atoms with Crippen LogP contribution < -0.4 is 5.32 Å². The molecule has 0 unspecified atom stereocenters. The van der Waals surface area contributed by atoms with E-state index in [0.29, 0.717) is 26.4 Å². The molecule has 3 rings (SSSR count). The zero-order valence-electron chi connectivity index (χ0n) is 11.2. The maximum Gasteiger partial charge on any atom is 0.273 e. The maximum atomic E-state index is 12.1. The van der Waals surface area contributed by atoms with Crippen LogP contribution in [0.4, 0.5) is 5.13 Å². The first-order valence-electron chi connectivity index (χ1n) is 6.82. The quantitative estimate of drug-likeness (QED) is 0.807. The van der Waals surface area contributed by atoms with Gasteiger partial charge in [-0.2, -0.15) is 0 Å². The van der Waals surface area contributed by atoms with Crippen LogP contribution in [0.5, 0.6) is 0 Å². The van der Waals surface area contributed by atoms with Gasteiger partial charge in [-0.05, 0) is 34.8 Å². The van der Waals surface area contributed by atoms with E-state index in [9.17, 15) is 4.79 Å². The fraction of sp³-hybridized carbons (Fsp3) is 0.462. The Hall–Kier alpha value is -0.920. The molecule has 2 N–H and O–H groups in total. The molecule has 0 atom stereocenters. The van der Waals surface area contributed by atoms with Crippen LogP contribution in [0.25, 0.3) is 0 Å². The average Bonchev–Trinajstić information content (AvgIpc) is 3.08. The molecular formula is C13H14BrClN4OS. The second-order valence-corrected chi connectivity index (χ2v) is 7.29. The molecule has 1 amide bonds. The number of hydrogen-bond donors (Lipinski definition) is 2. The summed E-state index contributed by atoms with van der Waals surface area (Å²) in [6, 6.07) is 1.57. The molecule has 1 aliphatic rings. The van der Waals surface area contributed by atoms with E-state index in [1.807, 2.05) is 0 Å². The van der Waals surface area contributed by atoms with Crippen molar-refractivity contribution < 1.29 is 4.79 Å². The Bertz CT molecular complexity index is 631.